The molecule has 0 bridgehead atoms. The number of methoxy groups -OCH3 is 1. The van der Waals surface area contributed by atoms with Crippen molar-refractivity contribution < 1.29 is 4.74 Å². The largest absolute Gasteiger partial charge is 0.497 e. The van der Waals surface area contributed by atoms with Crippen molar-refractivity contribution in [1.82, 2.24) is 0 Å². The molecule has 1 nitrogen and oxygen atoms in total. The molecular weight excluding hydrogens is 423 g/mol. The van der Waals surface area contributed by atoms with Gasteiger partial charge in [-0.2, -0.15) is 0 Å². The lowest BCUT2D eigenvalue weighted by atomic mass is 9.34. The molecule has 4 aromatic rings. The van der Waals surface area contributed by atoms with Crippen molar-refractivity contribution in [2.45, 2.75) is 41.5 Å². The second-order valence-electron chi connectivity index (χ2n) is 9.83. The van der Waals surface area contributed by atoms with Crippen LogP contribution in [0.5, 0.6) is 5.75 Å². The van der Waals surface area contributed by atoms with E-state index in [9.17, 15) is 0 Å². The molecule has 0 fully saturated rings. The van der Waals surface area contributed by atoms with E-state index in [1.165, 1.54) is 55.3 Å². The maximum atomic E-state index is 5.26. The Balaban J connectivity index is 1.76. The Kier molecular flexibility index (Phi) is 7.31. The van der Waals surface area contributed by atoms with Crippen LogP contribution in [0, 0.1) is 41.5 Å². The van der Waals surface area contributed by atoms with E-state index in [0.717, 1.165) is 11.3 Å². The fourth-order valence-corrected chi connectivity index (χ4v) is 5.48. The molecule has 0 atom stereocenters. The molecule has 0 unspecified atom stereocenters. The van der Waals surface area contributed by atoms with Gasteiger partial charge in [0.1, 0.15) is 5.75 Å². The quantitative estimate of drug-likeness (QED) is 0.246. The van der Waals surface area contributed by atoms with Crippen LogP contribution in [0.3, 0.4) is 0 Å². The molecule has 0 aromatic heterocycles. The summed E-state index contributed by atoms with van der Waals surface area (Å²) in [5, 5.41) is 0. The molecule has 176 valence electrons. The smallest absolute Gasteiger partial charge is 0.242 e. The highest BCUT2D eigenvalue weighted by Gasteiger charge is 2.28. The summed E-state index contributed by atoms with van der Waals surface area (Å²) in [5.41, 5.74) is 14.6. The third-order valence-electron chi connectivity index (χ3n) is 6.91. The second-order valence-corrected chi connectivity index (χ2v) is 9.83. The lowest BCUT2D eigenvalue weighted by molar-refractivity contribution is 0.415. The van der Waals surface area contributed by atoms with E-state index in [2.05, 4.69) is 114 Å². The second kappa shape index (κ2) is 10.4. The van der Waals surface area contributed by atoms with Gasteiger partial charge < -0.3 is 4.74 Å². The van der Waals surface area contributed by atoms with Gasteiger partial charge in [-0.15, -0.1) is 0 Å². The SMILES string of the molecule is COc1ccc(/C=C/c2ccc(B(c3c(C)cc(C)cc3C)c3c(C)cc(C)cc3C)cc2)cc1. The minimum atomic E-state index is 0.204. The van der Waals surface area contributed by atoms with E-state index in [4.69, 9.17) is 4.74 Å². The van der Waals surface area contributed by atoms with Gasteiger partial charge in [0.15, 0.2) is 0 Å². The number of ether oxygens (including phenoxy) is 1. The first-order chi connectivity index (χ1) is 16.8. The van der Waals surface area contributed by atoms with Crippen LogP contribution in [0.2, 0.25) is 0 Å². The van der Waals surface area contributed by atoms with Gasteiger partial charge in [0.25, 0.3) is 0 Å². The molecule has 0 saturated carbocycles. The first kappa shape index (κ1) is 24.6. The van der Waals surface area contributed by atoms with Crippen LogP contribution < -0.4 is 21.1 Å². The van der Waals surface area contributed by atoms with Gasteiger partial charge in [0.05, 0.1) is 7.11 Å². The van der Waals surface area contributed by atoms with Crippen LogP contribution in [0.4, 0.5) is 0 Å². The van der Waals surface area contributed by atoms with Crippen molar-refractivity contribution in [3.8, 4) is 5.75 Å². The van der Waals surface area contributed by atoms with E-state index in [-0.39, 0.29) is 6.71 Å². The van der Waals surface area contributed by atoms with E-state index in [1.807, 2.05) is 12.1 Å². The number of benzene rings is 4. The van der Waals surface area contributed by atoms with E-state index in [0.29, 0.717) is 0 Å². The first-order valence-electron chi connectivity index (χ1n) is 12.3. The summed E-state index contributed by atoms with van der Waals surface area (Å²) in [6, 6.07) is 26.5. The molecule has 0 aliphatic carbocycles. The van der Waals surface area contributed by atoms with Crippen LogP contribution in [0.15, 0.2) is 72.8 Å². The van der Waals surface area contributed by atoms with Gasteiger partial charge in [-0.3, -0.25) is 0 Å². The van der Waals surface area contributed by atoms with Crippen LogP contribution in [0.1, 0.15) is 44.5 Å². The third kappa shape index (κ3) is 5.43. The van der Waals surface area contributed by atoms with Crippen LogP contribution in [0.25, 0.3) is 12.2 Å². The molecule has 4 rings (SSSR count). The van der Waals surface area contributed by atoms with Gasteiger partial charge in [-0.1, -0.05) is 123 Å². The summed E-state index contributed by atoms with van der Waals surface area (Å²) in [5.74, 6) is 0.876. The lowest BCUT2D eigenvalue weighted by Gasteiger charge is -2.24. The normalized spacial score (nSPS) is 11.2. The summed E-state index contributed by atoms with van der Waals surface area (Å²) in [7, 11) is 1.69. The molecule has 4 aromatic carbocycles. The predicted octanol–water partition coefficient (Wildman–Crippen LogP) is 6.23. The van der Waals surface area contributed by atoms with Gasteiger partial charge >= 0.3 is 0 Å². The highest BCUT2D eigenvalue weighted by atomic mass is 16.5. The van der Waals surface area contributed by atoms with Crippen molar-refractivity contribution in [2.75, 3.05) is 7.11 Å². The Morgan fingerprint density at radius 1 is 0.543 bits per heavy atom. The fraction of sp³-hybridized carbons (Fsp3) is 0.212. The molecule has 2 heteroatoms. The molecule has 0 amide bonds. The fourth-order valence-electron chi connectivity index (χ4n) is 5.48. The Bertz CT molecular complexity index is 1260. The lowest BCUT2D eigenvalue weighted by Crippen LogP contribution is -2.55. The maximum Gasteiger partial charge on any atom is 0.242 e. The highest BCUT2D eigenvalue weighted by Crippen LogP contribution is 2.15. The van der Waals surface area contributed by atoms with Crippen molar-refractivity contribution in [3.63, 3.8) is 0 Å². The number of hydrogen-bond donors (Lipinski definition) is 0. The minimum absolute atomic E-state index is 0.204. The van der Waals surface area contributed by atoms with Crippen LogP contribution in [-0.2, 0) is 0 Å². The topological polar surface area (TPSA) is 9.23 Å². The van der Waals surface area contributed by atoms with Crippen molar-refractivity contribution in [2.24, 2.45) is 0 Å². The molecule has 0 aliphatic heterocycles. The Labute approximate surface area is 211 Å². The Morgan fingerprint density at radius 3 is 1.29 bits per heavy atom. The summed E-state index contributed by atoms with van der Waals surface area (Å²) in [6.45, 7) is 13.6. The van der Waals surface area contributed by atoms with Crippen LogP contribution >= 0.6 is 0 Å². The molecule has 0 spiro atoms. The standard InChI is InChI=1S/C33H35BO/c1-22-18-24(3)32(25(4)19-22)34(33-26(5)20-23(2)21-27(33)6)30-14-10-28(11-15-30)8-9-29-12-16-31(35-7)17-13-29/h8-21H,1-7H3/b9-8+. The average molecular weight is 458 g/mol. The predicted molar refractivity (Wildman–Crippen MR) is 154 cm³/mol. The Hall–Kier alpha value is -3.52. The van der Waals surface area contributed by atoms with E-state index >= 15 is 0 Å². The summed E-state index contributed by atoms with van der Waals surface area (Å²) in [4.78, 5) is 0. The molecule has 0 heterocycles. The zero-order valence-electron chi connectivity index (χ0n) is 22.1. The minimum Gasteiger partial charge on any atom is -0.497 e. The Morgan fingerprint density at radius 2 is 0.914 bits per heavy atom. The number of aryl methyl sites for hydroxylation is 6. The zero-order chi connectivity index (χ0) is 25.1. The summed E-state index contributed by atoms with van der Waals surface area (Å²) in [6.07, 6.45) is 4.32. The van der Waals surface area contributed by atoms with Gasteiger partial charge in [0.2, 0.25) is 6.71 Å². The summed E-state index contributed by atoms with van der Waals surface area (Å²) < 4.78 is 5.26. The number of hydrogen-bond acceptors (Lipinski definition) is 1. The van der Waals surface area contributed by atoms with Crippen LogP contribution in [-0.4, -0.2) is 13.8 Å². The van der Waals surface area contributed by atoms with E-state index < -0.39 is 0 Å². The molecule has 35 heavy (non-hydrogen) atoms. The van der Waals surface area contributed by atoms with Gasteiger partial charge in [-0.05, 0) is 64.8 Å². The van der Waals surface area contributed by atoms with Crippen molar-refractivity contribution >= 4 is 35.3 Å². The van der Waals surface area contributed by atoms with Gasteiger partial charge in [-0.25, -0.2) is 0 Å². The number of rotatable bonds is 6. The average Bonchev–Trinajstić information content (AvgIpc) is 2.81. The third-order valence-corrected chi connectivity index (χ3v) is 6.91. The van der Waals surface area contributed by atoms with Crippen molar-refractivity contribution in [3.05, 3.63) is 117 Å². The maximum absolute atomic E-state index is 5.26. The highest BCUT2D eigenvalue weighted by molar-refractivity contribution is 6.96. The zero-order valence-corrected chi connectivity index (χ0v) is 22.1. The van der Waals surface area contributed by atoms with Crippen molar-refractivity contribution in [1.29, 1.82) is 0 Å². The molecule has 0 N–H and O–H groups in total. The van der Waals surface area contributed by atoms with E-state index in [1.54, 1.807) is 7.11 Å². The summed E-state index contributed by atoms with van der Waals surface area (Å²) >= 11 is 0. The first-order valence-corrected chi connectivity index (χ1v) is 12.3. The molecular formula is C33H35BO. The molecule has 0 radical (unpaired) electrons. The molecule has 0 saturated heterocycles. The molecule has 0 aliphatic rings. The van der Waals surface area contributed by atoms with Gasteiger partial charge in [0, 0.05) is 0 Å². The monoisotopic (exact) mass is 458 g/mol.